The van der Waals surface area contributed by atoms with Gasteiger partial charge in [0, 0.05) is 11.1 Å². The highest BCUT2D eigenvalue weighted by Crippen LogP contribution is 2.39. The molecule has 0 fully saturated rings. The molecule has 2 rings (SSSR count). The Bertz CT molecular complexity index is 457. The van der Waals surface area contributed by atoms with Crippen LogP contribution in [0.5, 0.6) is 11.5 Å². The van der Waals surface area contributed by atoms with E-state index in [0.717, 1.165) is 0 Å². The zero-order chi connectivity index (χ0) is 11.7. The van der Waals surface area contributed by atoms with Gasteiger partial charge in [-0.3, -0.25) is 4.79 Å². The molecule has 84 valence electrons. The first-order valence-electron chi connectivity index (χ1n) is 4.40. The Labute approximate surface area is 95.5 Å². The summed E-state index contributed by atoms with van der Waals surface area (Å²) in [6.45, 7) is 0.0634. The van der Waals surface area contributed by atoms with Gasteiger partial charge in [0.2, 0.25) is 6.79 Å². The van der Waals surface area contributed by atoms with E-state index in [4.69, 9.17) is 26.2 Å². The normalized spacial score (nSPS) is 14.6. The van der Waals surface area contributed by atoms with Crippen molar-refractivity contribution < 1.29 is 24.2 Å². The molecule has 1 heterocycles. The van der Waals surface area contributed by atoms with Crippen LogP contribution in [0, 0.1) is 0 Å². The van der Waals surface area contributed by atoms with Gasteiger partial charge in [0.25, 0.3) is 0 Å². The lowest BCUT2D eigenvalue weighted by atomic mass is 10.0. The first-order chi connectivity index (χ1) is 7.63. The van der Waals surface area contributed by atoms with Crippen LogP contribution in [0.15, 0.2) is 12.1 Å². The molecule has 1 N–H and O–H groups in total. The Balaban J connectivity index is 2.48. The topological polar surface area (TPSA) is 72.8 Å². The second kappa shape index (κ2) is 4.02. The van der Waals surface area contributed by atoms with Gasteiger partial charge in [-0.15, -0.1) is 0 Å². The number of benzene rings is 1. The van der Waals surface area contributed by atoms with E-state index in [-0.39, 0.29) is 17.4 Å². The standard InChI is InChI=1S/C10H7ClO5/c11-7-2-9-8(15-4-16-9)1-5(7)6(3-12)10(13)14/h1-3,6H,4H2,(H,13,14). The second-order valence-corrected chi connectivity index (χ2v) is 3.59. The highest BCUT2D eigenvalue weighted by Gasteiger charge is 2.25. The van der Waals surface area contributed by atoms with Crippen molar-refractivity contribution in [3.05, 3.63) is 22.7 Å². The van der Waals surface area contributed by atoms with Crippen molar-refractivity contribution in [2.75, 3.05) is 6.79 Å². The average Bonchev–Trinajstić information content (AvgIpc) is 2.65. The molecule has 1 aliphatic heterocycles. The number of carbonyl (C=O) groups is 2. The smallest absolute Gasteiger partial charge is 0.318 e. The van der Waals surface area contributed by atoms with Gasteiger partial charge in [-0.1, -0.05) is 11.6 Å². The number of hydrogen-bond donors (Lipinski definition) is 1. The molecule has 5 nitrogen and oxygen atoms in total. The zero-order valence-electron chi connectivity index (χ0n) is 7.97. The Morgan fingerprint density at radius 1 is 1.44 bits per heavy atom. The van der Waals surface area contributed by atoms with Crippen LogP contribution in [-0.4, -0.2) is 24.2 Å². The van der Waals surface area contributed by atoms with Crippen molar-refractivity contribution in [3.8, 4) is 11.5 Å². The summed E-state index contributed by atoms with van der Waals surface area (Å²) in [5.74, 6) is -1.70. The third-order valence-electron chi connectivity index (χ3n) is 2.23. The summed E-state index contributed by atoms with van der Waals surface area (Å²) in [5.41, 5.74) is 0.202. The van der Waals surface area contributed by atoms with Crippen LogP contribution >= 0.6 is 11.6 Å². The summed E-state index contributed by atoms with van der Waals surface area (Å²) in [6, 6.07) is 2.86. The minimum Gasteiger partial charge on any atom is -0.480 e. The summed E-state index contributed by atoms with van der Waals surface area (Å²) in [7, 11) is 0. The predicted octanol–water partition coefficient (Wildman–Crippen LogP) is 1.44. The Morgan fingerprint density at radius 2 is 2.06 bits per heavy atom. The molecule has 1 unspecified atom stereocenters. The quantitative estimate of drug-likeness (QED) is 0.641. The van der Waals surface area contributed by atoms with Crippen LogP contribution in [0.3, 0.4) is 0 Å². The molecule has 1 atom stereocenters. The van der Waals surface area contributed by atoms with Crippen molar-refractivity contribution in [1.29, 1.82) is 0 Å². The number of halogens is 1. The number of aldehydes is 1. The van der Waals surface area contributed by atoms with Crippen molar-refractivity contribution in [2.24, 2.45) is 0 Å². The zero-order valence-corrected chi connectivity index (χ0v) is 8.73. The summed E-state index contributed by atoms with van der Waals surface area (Å²) >= 11 is 5.87. The molecule has 0 spiro atoms. The molecule has 0 bridgehead atoms. The molecule has 0 aliphatic carbocycles. The van der Waals surface area contributed by atoms with E-state index >= 15 is 0 Å². The minimum atomic E-state index is -1.29. The third kappa shape index (κ3) is 1.69. The van der Waals surface area contributed by atoms with Gasteiger partial charge < -0.3 is 19.4 Å². The highest BCUT2D eigenvalue weighted by atomic mass is 35.5. The van der Waals surface area contributed by atoms with Gasteiger partial charge in [-0.25, -0.2) is 0 Å². The van der Waals surface area contributed by atoms with E-state index < -0.39 is 11.9 Å². The first kappa shape index (κ1) is 10.8. The van der Waals surface area contributed by atoms with Gasteiger partial charge >= 0.3 is 5.97 Å². The van der Waals surface area contributed by atoms with Gasteiger partial charge in [0.15, 0.2) is 11.5 Å². The van der Waals surface area contributed by atoms with Crippen LogP contribution in [0.2, 0.25) is 5.02 Å². The number of ether oxygens (including phenoxy) is 2. The molecule has 0 aromatic heterocycles. The molecular weight excluding hydrogens is 236 g/mol. The van der Waals surface area contributed by atoms with E-state index in [1.165, 1.54) is 12.1 Å². The minimum absolute atomic E-state index is 0.0634. The fourth-order valence-corrected chi connectivity index (χ4v) is 1.71. The van der Waals surface area contributed by atoms with Crippen LogP contribution in [0.1, 0.15) is 11.5 Å². The number of carboxylic acids is 1. The molecule has 1 aromatic rings. The summed E-state index contributed by atoms with van der Waals surface area (Å²) in [5, 5.41) is 9.01. The Kier molecular flexibility index (Phi) is 2.70. The van der Waals surface area contributed by atoms with Crippen molar-refractivity contribution in [1.82, 2.24) is 0 Å². The van der Waals surface area contributed by atoms with Crippen molar-refractivity contribution in [2.45, 2.75) is 5.92 Å². The summed E-state index contributed by atoms with van der Waals surface area (Å²) in [4.78, 5) is 21.5. The molecule has 16 heavy (non-hydrogen) atoms. The molecule has 1 aliphatic rings. The molecule has 1 aromatic carbocycles. The maximum atomic E-state index is 10.8. The maximum Gasteiger partial charge on any atom is 0.318 e. The van der Waals surface area contributed by atoms with E-state index in [1.54, 1.807) is 0 Å². The fraction of sp³-hybridized carbons (Fsp3) is 0.200. The van der Waals surface area contributed by atoms with Gasteiger partial charge in [0.05, 0.1) is 0 Å². The molecule has 0 amide bonds. The molecule has 0 saturated heterocycles. The lowest BCUT2D eigenvalue weighted by Gasteiger charge is -2.08. The van der Waals surface area contributed by atoms with Crippen LogP contribution in [0.4, 0.5) is 0 Å². The van der Waals surface area contributed by atoms with Crippen molar-refractivity contribution in [3.63, 3.8) is 0 Å². The number of rotatable bonds is 3. The van der Waals surface area contributed by atoms with Gasteiger partial charge in [-0.2, -0.15) is 0 Å². The number of aliphatic carboxylic acids is 1. The lowest BCUT2D eigenvalue weighted by Crippen LogP contribution is -2.13. The van der Waals surface area contributed by atoms with Crippen LogP contribution < -0.4 is 9.47 Å². The largest absolute Gasteiger partial charge is 0.480 e. The maximum absolute atomic E-state index is 10.8. The summed E-state index contributed by atoms with van der Waals surface area (Å²) < 4.78 is 10.1. The molecular formula is C10H7ClO5. The molecule has 0 saturated carbocycles. The molecule has 6 heteroatoms. The SMILES string of the molecule is O=CC(C(=O)O)c1cc2c(cc1Cl)OCO2. The number of carbonyl (C=O) groups excluding carboxylic acids is 1. The fourth-order valence-electron chi connectivity index (χ4n) is 1.44. The predicted molar refractivity (Wildman–Crippen MR) is 54.0 cm³/mol. The van der Waals surface area contributed by atoms with E-state index in [0.29, 0.717) is 17.8 Å². The van der Waals surface area contributed by atoms with E-state index in [2.05, 4.69) is 0 Å². The van der Waals surface area contributed by atoms with Crippen LogP contribution in [-0.2, 0) is 9.59 Å². The molecule has 0 radical (unpaired) electrons. The van der Waals surface area contributed by atoms with Gasteiger partial charge in [-0.05, 0) is 11.6 Å². The number of carboxylic acid groups (broad SMARTS) is 1. The average molecular weight is 243 g/mol. The van der Waals surface area contributed by atoms with E-state index in [1.807, 2.05) is 0 Å². The monoisotopic (exact) mass is 242 g/mol. The van der Waals surface area contributed by atoms with E-state index in [9.17, 15) is 9.59 Å². The van der Waals surface area contributed by atoms with Crippen molar-refractivity contribution >= 4 is 23.9 Å². The van der Waals surface area contributed by atoms with Gasteiger partial charge in [0.1, 0.15) is 12.2 Å². The number of hydrogen-bond acceptors (Lipinski definition) is 4. The first-order valence-corrected chi connectivity index (χ1v) is 4.78. The lowest BCUT2D eigenvalue weighted by molar-refractivity contribution is -0.140. The van der Waals surface area contributed by atoms with Crippen LogP contribution in [0.25, 0.3) is 0 Å². The summed E-state index contributed by atoms with van der Waals surface area (Å²) in [6.07, 6.45) is 0.325. The second-order valence-electron chi connectivity index (χ2n) is 3.18. The third-order valence-corrected chi connectivity index (χ3v) is 2.56. The number of fused-ring (bicyclic) bond motifs is 1. The Hall–Kier alpha value is -1.75. The highest BCUT2D eigenvalue weighted by molar-refractivity contribution is 6.32. The Morgan fingerprint density at radius 3 is 2.62 bits per heavy atom.